The first-order chi connectivity index (χ1) is 11.2. The van der Waals surface area contributed by atoms with Crippen LogP contribution in [0.5, 0.6) is 0 Å². The van der Waals surface area contributed by atoms with Crippen LogP contribution in [0.25, 0.3) is 0 Å². The van der Waals surface area contributed by atoms with Gasteiger partial charge in [-0.2, -0.15) is 11.8 Å². The van der Waals surface area contributed by atoms with E-state index in [1.807, 2.05) is 6.26 Å². The van der Waals surface area contributed by atoms with Gasteiger partial charge in [-0.15, -0.1) is 0 Å². The van der Waals surface area contributed by atoms with Crippen molar-refractivity contribution in [2.24, 2.45) is 11.5 Å². The van der Waals surface area contributed by atoms with E-state index in [9.17, 15) is 24.3 Å². The Morgan fingerprint density at radius 1 is 1.08 bits per heavy atom. The molecule has 0 fully saturated rings. The van der Waals surface area contributed by atoms with Crippen LogP contribution in [0.1, 0.15) is 19.3 Å². The molecule has 10 nitrogen and oxygen atoms in total. The number of nitrogens with two attached hydrogens (primary N) is 2. The highest BCUT2D eigenvalue weighted by molar-refractivity contribution is 7.98. The predicted molar refractivity (Wildman–Crippen MR) is 88.0 cm³/mol. The molecule has 0 aromatic rings. The van der Waals surface area contributed by atoms with Crippen LogP contribution in [0.15, 0.2) is 0 Å². The molecular formula is C13H24N4O6S. The number of hydrogen-bond donors (Lipinski definition) is 6. The predicted octanol–water partition coefficient (Wildman–Crippen LogP) is -2.62. The van der Waals surface area contributed by atoms with Crippen molar-refractivity contribution in [2.45, 2.75) is 37.4 Å². The summed E-state index contributed by atoms with van der Waals surface area (Å²) in [5.74, 6) is -2.92. The van der Waals surface area contributed by atoms with Gasteiger partial charge in [0, 0.05) is 6.42 Å². The molecular weight excluding hydrogens is 340 g/mol. The number of thioether (sulfide) groups is 1. The fourth-order valence-corrected chi connectivity index (χ4v) is 2.15. The van der Waals surface area contributed by atoms with Crippen LogP contribution in [-0.2, 0) is 19.2 Å². The first-order valence-electron chi connectivity index (χ1n) is 7.20. The first kappa shape index (κ1) is 22.1. The van der Waals surface area contributed by atoms with Crippen LogP contribution in [-0.4, -0.2) is 70.6 Å². The van der Waals surface area contributed by atoms with Gasteiger partial charge >= 0.3 is 5.97 Å². The minimum Gasteiger partial charge on any atom is -0.480 e. The second-order valence-corrected chi connectivity index (χ2v) is 6.02. The van der Waals surface area contributed by atoms with Crippen LogP contribution < -0.4 is 22.1 Å². The Balaban J connectivity index is 4.67. The average molecular weight is 364 g/mol. The molecule has 3 amide bonds. The van der Waals surface area contributed by atoms with Gasteiger partial charge in [0.25, 0.3) is 0 Å². The second kappa shape index (κ2) is 11.6. The second-order valence-electron chi connectivity index (χ2n) is 5.04. The third-order valence-electron chi connectivity index (χ3n) is 3.08. The maximum atomic E-state index is 12.0. The van der Waals surface area contributed by atoms with Crippen LogP contribution in [0.2, 0.25) is 0 Å². The van der Waals surface area contributed by atoms with E-state index in [4.69, 9.17) is 16.6 Å². The Morgan fingerprint density at radius 3 is 2.12 bits per heavy atom. The maximum Gasteiger partial charge on any atom is 0.326 e. The van der Waals surface area contributed by atoms with Crippen molar-refractivity contribution in [3.05, 3.63) is 0 Å². The molecule has 0 spiro atoms. The lowest BCUT2D eigenvalue weighted by atomic mass is 10.1. The fraction of sp³-hybridized carbons (Fsp3) is 0.692. The summed E-state index contributed by atoms with van der Waals surface area (Å²) in [5, 5.41) is 22.7. The van der Waals surface area contributed by atoms with Crippen molar-refractivity contribution in [1.82, 2.24) is 10.6 Å². The van der Waals surface area contributed by atoms with Gasteiger partial charge in [0.05, 0.1) is 12.6 Å². The van der Waals surface area contributed by atoms with E-state index in [0.29, 0.717) is 12.2 Å². The molecule has 0 aliphatic carbocycles. The van der Waals surface area contributed by atoms with Gasteiger partial charge < -0.3 is 32.3 Å². The van der Waals surface area contributed by atoms with Crippen molar-refractivity contribution in [3.63, 3.8) is 0 Å². The zero-order valence-electron chi connectivity index (χ0n) is 13.4. The van der Waals surface area contributed by atoms with Crippen LogP contribution in [0, 0.1) is 0 Å². The van der Waals surface area contributed by atoms with Crippen LogP contribution in [0.3, 0.4) is 0 Å². The van der Waals surface area contributed by atoms with Gasteiger partial charge in [0.15, 0.2) is 0 Å². The zero-order chi connectivity index (χ0) is 18.7. The van der Waals surface area contributed by atoms with E-state index >= 15 is 0 Å². The molecule has 0 aromatic heterocycles. The highest BCUT2D eigenvalue weighted by Crippen LogP contribution is 2.01. The maximum absolute atomic E-state index is 12.0. The number of nitrogens with one attached hydrogen (secondary N) is 2. The number of carboxylic acids is 1. The molecule has 0 aliphatic heterocycles. The number of rotatable bonds is 12. The highest BCUT2D eigenvalue weighted by atomic mass is 32.2. The number of carbonyl (C=O) groups excluding carboxylic acids is 3. The molecule has 138 valence electrons. The van der Waals surface area contributed by atoms with Gasteiger partial charge in [-0.3, -0.25) is 14.4 Å². The normalized spacial score (nSPS) is 14.3. The summed E-state index contributed by atoms with van der Waals surface area (Å²) in [5.41, 5.74) is 10.6. The smallest absolute Gasteiger partial charge is 0.326 e. The quantitative estimate of drug-likeness (QED) is 0.217. The number of amides is 3. The summed E-state index contributed by atoms with van der Waals surface area (Å²) in [6, 6.07) is -3.54. The molecule has 8 N–H and O–H groups in total. The van der Waals surface area contributed by atoms with Crippen molar-refractivity contribution >= 4 is 35.5 Å². The lowest BCUT2D eigenvalue weighted by Crippen LogP contribution is -2.56. The summed E-state index contributed by atoms with van der Waals surface area (Å²) < 4.78 is 0. The topological polar surface area (TPSA) is 185 Å². The molecule has 0 bridgehead atoms. The summed E-state index contributed by atoms with van der Waals surface area (Å²) in [4.78, 5) is 45.6. The molecule has 11 heteroatoms. The van der Waals surface area contributed by atoms with E-state index < -0.39 is 48.4 Å². The Hall–Kier alpha value is -1.85. The summed E-state index contributed by atoms with van der Waals surface area (Å²) in [6.07, 6.45) is 1.82. The molecule has 3 unspecified atom stereocenters. The summed E-state index contributed by atoms with van der Waals surface area (Å²) in [6.45, 7) is -0.727. The zero-order valence-corrected chi connectivity index (χ0v) is 14.2. The van der Waals surface area contributed by atoms with Gasteiger partial charge in [0.2, 0.25) is 17.7 Å². The van der Waals surface area contributed by atoms with Gasteiger partial charge in [-0.05, 0) is 24.9 Å². The van der Waals surface area contributed by atoms with Crippen molar-refractivity contribution in [3.8, 4) is 0 Å². The Bertz CT molecular complexity index is 462. The molecule has 0 aromatic carbocycles. The average Bonchev–Trinajstić information content (AvgIpc) is 2.52. The Kier molecular flexibility index (Phi) is 10.8. The largest absolute Gasteiger partial charge is 0.480 e. The minimum atomic E-state index is -1.36. The third-order valence-corrected chi connectivity index (χ3v) is 3.72. The molecule has 0 rings (SSSR count). The monoisotopic (exact) mass is 364 g/mol. The minimum absolute atomic E-state index is 0.199. The number of carboxylic acid groups (broad SMARTS) is 1. The summed E-state index contributed by atoms with van der Waals surface area (Å²) >= 11 is 1.51. The molecule has 0 aliphatic rings. The standard InChI is InChI=1S/C13H24N4O6S/c1-24-5-4-7(14)11(20)17-9(6-18)12(21)16-8(13(22)23)2-3-10(15)19/h7-9,18H,2-6,14H2,1H3,(H2,15,19)(H,16,21)(H,17,20)(H,22,23). The fourth-order valence-electron chi connectivity index (χ4n) is 1.67. The van der Waals surface area contributed by atoms with Gasteiger partial charge in [-0.25, -0.2) is 4.79 Å². The van der Waals surface area contributed by atoms with Crippen molar-refractivity contribution in [2.75, 3.05) is 18.6 Å². The third kappa shape index (κ3) is 8.70. The van der Waals surface area contributed by atoms with E-state index in [-0.39, 0.29) is 12.8 Å². The van der Waals surface area contributed by atoms with E-state index in [2.05, 4.69) is 10.6 Å². The van der Waals surface area contributed by atoms with Crippen LogP contribution >= 0.6 is 11.8 Å². The van der Waals surface area contributed by atoms with Crippen molar-refractivity contribution < 1.29 is 29.4 Å². The highest BCUT2D eigenvalue weighted by Gasteiger charge is 2.27. The SMILES string of the molecule is CSCCC(N)C(=O)NC(CO)C(=O)NC(CCC(N)=O)C(=O)O. The molecule has 3 atom stereocenters. The van der Waals surface area contributed by atoms with E-state index in [1.54, 1.807) is 0 Å². The van der Waals surface area contributed by atoms with Gasteiger partial charge in [-0.1, -0.05) is 0 Å². The first-order valence-corrected chi connectivity index (χ1v) is 8.59. The molecule has 0 saturated carbocycles. The number of aliphatic carboxylic acids is 1. The van der Waals surface area contributed by atoms with Gasteiger partial charge in [0.1, 0.15) is 12.1 Å². The van der Waals surface area contributed by atoms with Crippen molar-refractivity contribution in [1.29, 1.82) is 0 Å². The Labute approximate surface area is 143 Å². The molecule has 0 radical (unpaired) electrons. The molecule has 0 saturated heterocycles. The van der Waals surface area contributed by atoms with E-state index in [0.717, 1.165) is 0 Å². The van der Waals surface area contributed by atoms with E-state index in [1.165, 1.54) is 11.8 Å². The number of aliphatic hydroxyl groups is 1. The number of primary amides is 1. The lowest BCUT2D eigenvalue weighted by molar-refractivity contribution is -0.142. The number of carbonyl (C=O) groups is 4. The molecule has 24 heavy (non-hydrogen) atoms. The number of hydrogen-bond acceptors (Lipinski definition) is 7. The summed E-state index contributed by atoms with van der Waals surface area (Å²) in [7, 11) is 0. The lowest BCUT2D eigenvalue weighted by Gasteiger charge is -2.21. The van der Waals surface area contributed by atoms with Crippen LogP contribution in [0.4, 0.5) is 0 Å². The number of aliphatic hydroxyl groups excluding tert-OH is 1. The Morgan fingerprint density at radius 2 is 1.67 bits per heavy atom. The molecule has 0 heterocycles.